The van der Waals surface area contributed by atoms with Gasteiger partial charge in [-0.3, -0.25) is 4.98 Å². The van der Waals surface area contributed by atoms with E-state index in [0.29, 0.717) is 30.4 Å². The molecule has 1 N–H and O–H groups in total. The van der Waals surface area contributed by atoms with Gasteiger partial charge in [-0.2, -0.15) is 35.1 Å². The number of aromatic nitrogens is 4. The summed E-state index contributed by atoms with van der Waals surface area (Å²) in [4.78, 5) is 12.7. The van der Waals surface area contributed by atoms with Gasteiger partial charge in [-0.1, -0.05) is 6.92 Å². The van der Waals surface area contributed by atoms with Gasteiger partial charge < -0.3 is 4.98 Å². The molecule has 3 aromatic heterocycles. The summed E-state index contributed by atoms with van der Waals surface area (Å²) in [5.74, 6) is -4.79. The first-order chi connectivity index (χ1) is 14.5. The van der Waals surface area contributed by atoms with E-state index in [9.17, 15) is 43.5 Å². The maximum Gasteiger partial charge on any atom is 0.458 e. The molecule has 0 saturated heterocycles. The summed E-state index contributed by atoms with van der Waals surface area (Å²) in [5, 5.41) is 0. The van der Waals surface area contributed by atoms with Crippen LogP contribution in [0.4, 0.5) is 35.1 Å². The number of nitrogens with one attached hydrogen (secondary N) is 1. The Morgan fingerprint density at radius 3 is 2.09 bits per heavy atom. The third kappa shape index (κ3) is 5.49. The Hall–Kier alpha value is -2.84. The number of aryl methyl sites for hydroxylation is 1. The van der Waals surface area contributed by atoms with Crippen LogP contribution < -0.4 is 0 Å². The van der Waals surface area contributed by atoms with Crippen LogP contribution in [0.25, 0.3) is 11.2 Å². The Bertz CT molecular complexity index is 1200. The lowest BCUT2D eigenvalue weighted by molar-refractivity contribution is -0.289. The highest BCUT2D eigenvalue weighted by atomic mass is 32.2. The molecule has 0 radical (unpaired) electrons. The summed E-state index contributed by atoms with van der Waals surface area (Å²) in [6.45, 7) is 2.90. The van der Waals surface area contributed by atoms with Gasteiger partial charge in [0.05, 0.1) is 27.3 Å². The van der Waals surface area contributed by atoms with Gasteiger partial charge >= 0.3 is 18.3 Å². The molecule has 15 heteroatoms. The summed E-state index contributed by atoms with van der Waals surface area (Å²) in [6.07, 6.45) is -8.23. The molecule has 176 valence electrons. The molecule has 0 amide bonds. The van der Waals surface area contributed by atoms with E-state index in [0.717, 1.165) is 6.20 Å². The molecule has 3 aromatic rings. The number of hydrogen-bond donors (Lipinski definition) is 1. The maximum absolute atomic E-state index is 13.0. The number of hydrogen-bond acceptors (Lipinski definition) is 5. The number of pyridine rings is 2. The standard InChI is InChI=1S/C9H6F5N3.C8H8F3NO2S/c1-4-16-6-2-5(3-15-7(6)17-4)8(10,11)9(12,13)14;1-2-15(13,14)7-3-6(4-12-5-7)8(9,10)11/h2-3H,1H3,(H,15,16,17);3-5H,2H2,1H3. The van der Waals surface area contributed by atoms with Crippen LogP contribution in [0.5, 0.6) is 0 Å². The molecule has 0 unspecified atom stereocenters. The quantitative estimate of drug-likeness (QED) is 0.533. The Kier molecular flexibility index (Phi) is 6.83. The molecule has 0 aliphatic rings. The molecule has 32 heavy (non-hydrogen) atoms. The number of H-pyrrole nitrogens is 1. The van der Waals surface area contributed by atoms with Crippen molar-refractivity contribution in [3.05, 3.63) is 47.7 Å². The molecule has 0 aliphatic carbocycles. The zero-order valence-corrected chi connectivity index (χ0v) is 17.0. The number of rotatable bonds is 3. The number of sulfone groups is 1. The highest BCUT2D eigenvalue weighted by Crippen LogP contribution is 2.43. The molecule has 0 bridgehead atoms. The van der Waals surface area contributed by atoms with Gasteiger partial charge in [0.15, 0.2) is 15.5 Å². The number of nitrogens with zero attached hydrogens (tertiary/aromatic N) is 3. The van der Waals surface area contributed by atoms with E-state index in [1.165, 1.54) is 6.92 Å². The van der Waals surface area contributed by atoms with Crippen LogP contribution >= 0.6 is 0 Å². The predicted molar refractivity (Wildman–Crippen MR) is 95.5 cm³/mol. The number of fused-ring (bicyclic) bond motifs is 1. The summed E-state index contributed by atoms with van der Waals surface area (Å²) in [5.41, 5.74) is -2.12. The highest BCUT2D eigenvalue weighted by Gasteiger charge is 2.59. The third-order valence-electron chi connectivity index (χ3n) is 3.95. The second kappa shape index (κ2) is 8.60. The first kappa shape index (κ1) is 25.4. The van der Waals surface area contributed by atoms with E-state index in [1.54, 1.807) is 6.92 Å². The van der Waals surface area contributed by atoms with Crippen LogP contribution in [0.1, 0.15) is 23.9 Å². The predicted octanol–water partition coefficient (Wildman–Crippen LogP) is 4.81. The van der Waals surface area contributed by atoms with Crippen LogP contribution in [0, 0.1) is 6.92 Å². The number of imidazole rings is 1. The van der Waals surface area contributed by atoms with E-state index >= 15 is 0 Å². The molecule has 3 rings (SSSR count). The van der Waals surface area contributed by atoms with Crippen molar-refractivity contribution in [2.24, 2.45) is 0 Å². The number of aromatic amines is 1. The van der Waals surface area contributed by atoms with E-state index < -0.39 is 44.1 Å². The zero-order valence-electron chi connectivity index (χ0n) is 16.2. The fourth-order valence-electron chi connectivity index (χ4n) is 2.27. The Labute approximate surface area is 175 Å². The normalized spacial score (nSPS) is 13.1. The minimum Gasteiger partial charge on any atom is -0.341 e. The Balaban J connectivity index is 0.000000229. The minimum atomic E-state index is -5.64. The molecule has 0 aromatic carbocycles. The van der Waals surface area contributed by atoms with Crippen LogP contribution in [-0.2, 0) is 21.9 Å². The van der Waals surface area contributed by atoms with Crippen molar-refractivity contribution in [3.63, 3.8) is 0 Å². The van der Waals surface area contributed by atoms with Crippen molar-refractivity contribution in [1.82, 2.24) is 19.9 Å². The van der Waals surface area contributed by atoms with Gasteiger partial charge in [0.25, 0.3) is 0 Å². The SMILES string of the molecule is CCS(=O)(=O)c1cncc(C(F)(F)F)c1.Cc1nc2ncc(C(F)(F)C(F)(F)F)cc2[nH]1. The molecule has 3 heterocycles. The van der Waals surface area contributed by atoms with Crippen LogP contribution in [0.15, 0.2) is 35.6 Å². The lowest BCUT2D eigenvalue weighted by Crippen LogP contribution is -2.33. The van der Waals surface area contributed by atoms with Gasteiger partial charge in [0, 0.05) is 18.6 Å². The number of halogens is 8. The van der Waals surface area contributed by atoms with Crippen LogP contribution in [0.2, 0.25) is 0 Å². The van der Waals surface area contributed by atoms with E-state index in [4.69, 9.17) is 0 Å². The van der Waals surface area contributed by atoms with Crippen molar-refractivity contribution in [2.45, 2.75) is 37.0 Å². The smallest absolute Gasteiger partial charge is 0.341 e. The van der Waals surface area contributed by atoms with Gasteiger partial charge in [-0.05, 0) is 19.1 Å². The van der Waals surface area contributed by atoms with Gasteiger partial charge in [-0.25, -0.2) is 18.4 Å². The Morgan fingerprint density at radius 1 is 0.938 bits per heavy atom. The molecular formula is C17H14F8N4O2S. The average molecular weight is 490 g/mol. The van der Waals surface area contributed by atoms with Crippen molar-refractivity contribution in [3.8, 4) is 0 Å². The van der Waals surface area contributed by atoms with Crippen molar-refractivity contribution >= 4 is 21.0 Å². The first-order valence-corrected chi connectivity index (χ1v) is 10.2. The second-order valence-electron chi connectivity index (χ2n) is 6.30. The minimum absolute atomic E-state index is 0.0453. The van der Waals surface area contributed by atoms with Crippen molar-refractivity contribution in [1.29, 1.82) is 0 Å². The lowest BCUT2D eigenvalue weighted by atomic mass is 10.1. The fraction of sp³-hybridized carbons (Fsp3) is 0.353. The molecule has 0 atom stereocenters. The molecule has 0 aliphatic heterocycles. The molecule has 0 fully saturated rings. The largest absolute Gasteiger partial charge is 0.458 e. The molecule has 0 spiro atoms. The Morgan fingerprint density at radius 2 is 1.56 bits per heavy atom. The maximum atomic E-state index is 13.0. The monoisotopic (exact) mass is 490 g/mol. The molecular weight excluding hydrogens is 476 g/mol. The van der Waals surface area contributed by atoms with E-state index in [-0.39, 0.29) is 16.9 Å². The molecule has 6 nitrogen and oxygen atoms in total. The molecule has 0 saturated carbocycles. The highest BCUT2D eigenvalue weighted by molar-refractivity contribution is 7.91. The lowest BCUT2D eigenvalue weighted by Gasteiger charge is -2.19. The van der Waals surface area contributed by atoms with E-state index in [2.05, 4.69) is 19.9 Å². The topological polar surface area (TPSA) is 88.6 Å². The summed E-state index contributed by atoms with van der Waals surface area (Å²) in [6, 6.07) is 1.29. The van der Waals surface area contributed by atoms with Gasteiger partial charge in [0.2, 0.25) is 0 Å². The summed E-state index contributed by atoms with van der Waals surface area (Å²) < 4.78 is 122. The first-order valence-electron chi connectivity index (χ1n) is 8.51. The van der Waals surface area contributed by atoms with Crippen LogP contribution in [-0.4, -0.2) is 40.3 Å². The van der Waals surface area contributed by atoms with Gasteiger partial charge in [0.1, 0.15) is 5.82 Å². The average Bonchev–Trinajstić information content (AvgIpc) is 3.06. The summed E-state index contributed by atoms with van der Waals surface area (Å²) >= 11 is 0. The van der Waals surface area contributed by atoms with Crippen LogP contribution in [0.3, 0.4) is 0 Å². The zero-order chi connectivity index (χ0) is 24.5. The van der Waals surface area contributed by atoms with Crippen molar-refractivity contribution in [2.75, 3.05) is 5.75 Å². The van der Waals surface area contributed by atoms with E-state index in [1.807, 2.05) is 0 Å². The third-order valence-corrected chi connectivity index (χ3v) is 5.66. The van der Waals surface area contributed by atoms with Crippen molar-refractivity contribution < 1.29 is 43.5 Å². The fourth-order valence-corrected chi connectivity index (χ4v) is 3.13. The van der Waals surface area contributed by atoms with Gasteiger partial charge in [-0.15, -0.1) is 0 Å². The summed E-state index contributed by atoms with van der Waals surface area (Å²) in [7, 11) is -3.64. The second-order valence-corrected chi connectivity index (χ2v) is 8.58. The number of alkyl halides is 8.